The molecule has 132 valence electrons. The van der Waals surface area contributed by atoms with Crippen LogP contribution in [0, 0.1) is 0 Å². The first-order chi connectivity index (χ1) is 12.1. The lowest BCUT2D eigenvalue weighted by Gasteiger charge is -2.30. The molecule has 4 nitrogen and oxygen atoms in total. The zero-order valence-electron chi connectivity index (χ0n) is 14.1. The van der Waals surface area contributed by atoms with Gasteiger partial charge in [-0.1, -0.05) is 35.9 Å². The summed E-state index contributed by atoms with van der Waals surface area (Å²) in [6, 6.07) is 15.2. The number of β-amino-alcohol motifs (C(OH)–C–C–N with tert-alkyl or cyclic N) is 1. The van der Waals surface area contributed by atoms with Crippen LogP contribution < -0.4 is 5.32 Å². The molecule has 2 aromatic carbocycles. The Morgan fingerprint density at radius 1 is 1.16 bits per heavy atom. The van der Waals surface area contributed by atoms with Crippen molar-refractivity contribution in [3.8, 4) is 0 Å². The van der Waals surface area contributed by atoms with Gasteiger partial charge in [-0.3, -0.25) is 9.69 Å². The number of nitrogens with zero attached hydrogens (tertiary/aromatic N) is 1. The highest BCUT2D eigenvalue weighted by molar-refractivity contribution is 6.30. The number of carbonyl (C=O) groups is 1. The lowest BCUT2D eigenvalue weighted by Crippen LogP contribution is -2.38. The molecule has 1 heterocycles. The van der Waals surface area contributed by atoms with Crippen LogP contribution in [0.15, 0.2) is 48.5 Å². The summed E-state index contributed by atoms with van der Waals surface area (Å²) in [5.41, 5.74) is 3.33. The third kappa shape index (κ3) is 5.05. The van der Waals surface area contributed by atoms with Crippen molar-refractivity contribution in [2.24, 2.45) is 0 Å². The molecule has 3 rings (SSSR count). The first-order valence-electron chi connectivity index (χ1n) is 8.63. The maximum absolute atomic E-state index is 12.0. The van der Waals surface area contributed by atoms with Crippen LogP contribution in [0.25, 0.3) is 0 Å². The maximum Gasteiger partial charge on any atom is 0.251 e. The molecule has 1 unspecified atom stereocenters. The van der Waals surface area contributed by atoms with Gasteiger partial charge in [0.15, 0.2) is 0 Å². The van der Waals surface area contributed by atoms with Crippen LogP contribution in [0.2, 0.25) is 5.02 Å². The maximum atomic E-state index is 12.0. The zero-order valence-corrected chi connectivity index (χ0v) is 14.9. The van der Waals surface area contributed by atoms with E-state index in [9.17, 15) is 9.90 Å². The summed E-state index contributed by atoms with van der Waals surface area (Å²) in [6.07, 6.45) is 1.11. The van der Waals surface area contributed by atoms with Gasteiger partial charge in [0.1, 0.15) is 0 Å². The van der Waals surface area contributed by atoms with Gasteiger partial charge in [0.2, 0.25) is 0 Å². The van der Waals surface area contributed by atoms with Crippen molar-refractivity contribution in [2.45, 2.75) is 25.5 Å². The summed E-state index contributed by atoms with van der Waals surface area (Å²) in [5, 5.41) is 13.7. The first kappa shape index (κ1) is 17.9. The van der Waals surface area contributed by atoms with E-state index in [0.717, 1.165) is 19.5 Å². The van der Waals surface area contributed by atoms with Crippen molar-refractivity contribution >= 4 is 17.5 Å². The summed E-state index contributed by atoms with van der Waals surface area (Å²) in [6.45, 7) is 2.92. The molecule has 0 radical (unpaired) electrons. The number of aliphatic hydroxyl groups is 1. The summed E-state index contributed by atoms with van der Waals surface area (Å²) in [7, 11) is 0. The number of halogens is 1. The lowest BCUT2D eigenvalue weighted by atomic mass is 9.99. The van der Waals surface area contributed by atoms with Gasteiger partial charge in [0.05, 0.1) is 6.10 Å². The van der Waals surface area contributed by atoms with Crippen LogP contribution in [0.3, 0.4) is 0 Å². The third-order valence-electron chi connectivity index (χ3n) is 4.55. The van der Waals surface area contributed by atoms with E-state index in [1.54, 1.807) is 24.3 Å². The minimum atomic E-state index is -0.448. The monoisotopic (exact) mass is 358 g/mol. The average Bonchev–Trinajstić information content (AvgIpc) is 2.62. The van der Waals surface area contributed by atoms with Crippen molar-refractivity contribution in [1.82, 2.24) is 10.2 Å². The molecule has 25 heavy (non-hydrogen) atoms. The van der Waals surface area contributed by atoms with Gasteiger partial charge in [0, 0.05) is 36.8 Å². The number of aliphatic hydroxyl groups excluding tert-OH is 1. The van der Waals surface area contributed by atoms with Gasteiger partial charge in [-0.25, -0.2) is 0 Å². The van der Waals surface area contributed by atoms with Gasteiger partial charge in [-0.2, -0.15) is 0 Å². The molecule has 1 atom stereocenters. The summed E-state index contributed by atoms with van der Waals surface area (Å²) in [4.78, 5) is 14.3. The minimum absolute atomic E-state index is 0.143. The number of fused-ring (bicyclic) bond motifs is 1. The second-order valence-electron chi connectivity index (χ2n) is 6.46. The van der Waals surface area contributed by atoms with Crippen molar-refractivity contribution in [1.29, 1.82) is 0 Å². The highest BCUT2D eigenvalue weighted by Crippen LogP contribution is 2.18. The molecule has 1 amide bonds. The largest absolute Gasteiger partial charge is 0.392 e. The van der Waals surface area contributed by atoms with Crippen molar-refractivity contribution in [2.75, 3.05) is 19.6 Å². The molecular formula is C20H23ClN2O2. The highest BCUT2D eigenvalue weighted by Gasteiger charge is 2.18. The fourth-order valence-corrected chi connectivity index (χ4v) is 3.28. The van der Waals surface area contributed by atoms with E-state index in [0.29, 0.717) is 30.1 Å². The van der Waals surface area contributed by atoms with E-state index in [4.69, 9.17) is 11.6 Å². The minimum Gasteiger partial charge on any atom is -0.392 e. The first-order valence-corrected chi connectivity index (χ1v) is 9.00. The number of nitrogens with one attached hydrogen (secondary N) is 1. The number of hydrogen-bond acceptors (Lipinski definition) is 3. The normalized spacial score (nSPS) is 15.4. The Morgan fingerprint density at radius 3 is 2.64 bits per heavy atom. The molecule has 0 bridgehead atoms. The highest BCUT2D eigenvalue weighted by atomic mass is 35.5. The van der Waals surface area contributed by atoms with E-state index in [2.05, 4.69) is 34.5 Å². The number of carbonyl (C=O) groups excluding carboxylic acids is 1. The fourth-order valence-electron chi connectivity index (χ4n) is 3.15. The van der Waals surface area contributed by atoms with Crippen LogP contribution in [-0.4, -0.2) is 41.7 Å². The molecule has 0 aromatic heterocycles. The SMILES string of the molecule is O=C(NCCC(O)CN1CCc2ccccc2C1)c1ccc(Cl)cc1. The molecular weight excluding hydrogens is 336 g/mol. The number of rotatable bonds is 6. The van der Waals surface area contributed by atoms with Crippen molar-refractivity contribution < 1.29 is 9.90 Å². The fraction of sp³-hybridized carbons (Fsp3) is 0.350. The van der Waals surface area contributed by atoms with Crippen LogP contribution in [-0.2, 0) is 13.0 Å². The van der Waals surface area contributed by atoms with E-state index in [1.807, 2.05) is 0 Å². The Morgan fingerprint density at radius 2 is 1.88 bits per heavy atom. The van der Waals surface area contributed by atoms with E-state index < -0.39 is 6.10 Å². The second kappa shape index (κ2) is 8.48. The number of amides is 1. The van der Waals surface area contributed by atoms with Gasteiger partial charge >= 0.3 is 0 Å². The van der Waals surface area contributed by atoms with Crippen LogP contribution >= 0.6 is 11.6 Å². The predicted molar refractivity (Wildman–Crippen MR) is 99.8 cm³/mol. The average molecular weight is 359 g/mol. The molecule has 2 aromatic rings. The van der Waals surface area contributed by atoms with Gasteiger partial charge in [-0.15, -0.1) is 0 Å². The van der Waals surface area contributed by atoms with Crippen LogP contribution in [0.5, 0.6) is 0 Å². The predicted octanol–water partition coefficient (Wildman–Crippen LogP) is 2.88. The topological polar surface area (TPSA) is 52.6 Å². The standard InChI is InChI=1S/C20H23ClN2O2/c21-18-7-5-16(6-8-18)20(25)22-11-9-19(24)14-23-12-10-15-3-1-2-4-17(15)13-23/h1-8,19,24H,9-14H2,(H,22,25). The molecule has 5 heteroatoms. The molecule has 2 N–H and O–H groups in total. The van der Waals surface area contributed by atoms with Gasteiger partial charge in [0.25, 0.3) is 5.91 Å². The molecule has 0 fully saturated rings. The van der Waals surface area contributed by atoms with Gasteiger partial charge in [-0.05, 0) is 48.2 Å². The molecule has 0 spiro atoms. The summed E-state index contributed by atoms with van der Waals surface area (Å²) >= 11 is 5.82. The smallest absolute Gasteiger partial charge is 0.251 e. The lowest BCUT2D eigenvalue weighted by molar-refractivity contribution is 0.0892. The quantitative estimate of drug-likeness (QED) is 0.834. The molecule has 0 aliphatic carbocycles. The summed E-state index contributed by atoms with van der Waals surface area (Å²) < 4.78 is 0. The van der Waals surface area contributed by atoms with E-state index in [-0.39, 0.29) is 5.91 Å². The molecule has 1 aliphatic rings. The Labute approximate surface area is 153 Å². The molecule has 1 aliphatic heterocycles. The third-order valence-corrected chi connectivity index (χ3v) is 4.80. The van der Waals surface area contributed by atoms with Crippen molar-refractivity contribution in [3.05, 3.63) is 70.2 Å². The van der Waals surface area contributed by atoms with E-state index >= 15 is 0 Å². The van der Waals surface area contributed by atoms with Crippen LogP contribution in [0.4, 0.5) is 0 Å². The summed E-state index contributed by atoms with van der Waals surface area (Å²) in [5.74, 6) is -0.143. The Balaban J connectivity index is 1.40. The van der Waals surface area contributed by atoms with Gasteiger partial charge < -0.3 is 10.4 Å². The second-order valence-corrected chi connectivity index (χ2v) is 6.90. The molecule has 0 saturated heterocycles. The molecule has 0 saturated carbocycles. The Kier molecular flexibility index (Phi) is 6.08. The number of hydrogen-bond donors (Lipinski definition) is 2. The van der Waals surface area contributed by atoms with Crippen LogP contribution in [0.1, 0.15) is 27.9 Å². The van der Waals surface area contributed by atoms with Crippen molar-refractivity contribution in [3.63, 3.8) is 0 Å². The van der Waals surface area contributed by atoms with E-state index in [1.165, 1.54) is 11.1 Å². The Bertz CT molecular complexity index is 718. The zero-order chi connectivity index (χ0) is 17.6. The Hall–Kier alpha value is -1.88. The number of benzene rings is 2.